The Kier molecular flexibility index (Phi) is 3.94. The molecule has 12 heavy (non-hydrogen) atoms. The summed E-state index contributed by atoms with van der Waals surface area (Å²) in [4.78, 5) is 4.21. The molecular weight excluding hydrogens is 168 g/mol. The maximum Gasteiger partial charge on any atom is 0.125 e. The number of hydrogen-bond donors (Lipinski definition) is 2. The second kappa shape index (κ2) is 5.04. The number of aryl methyl sites for hydroxylation is 1. The molecule has 0 amide bonds. The third kappa shape index (κ3) is 2.74. The molecule has 2 nitrogen and oxygen atoms in total. The third-order valence-electron chi connectivity index (χ3n) is 1.70. The van der Waals surface area contributed by atoms with Gasteiger partial charge in [0.05, 0.1) is 0 Å². The van der Waals surface area contributed by atoms with Gasteiger partial charge < -0.3 is 5.32 Å². The van der Waals surface area contributed by atoms with E-state index in [4.69, 9.17) is 0 Å². The summed E-state index contributed by atoms with van der Waals surface area (Å²) in [7, 11) is 1.87. The van der Waals surface area contributed by atoms with Crippen LogP contribution in [0.1, 0.15) is 12.0 Å². The highest BCUT2D eigenvalue weighted by Gasteiger charge is 1.93. The van der Waals surface area contributed by atoms with Crippen molar-refractivity contribution < 1.29 is 0 Å². The molecule has 0 fully saturated rings. The zero-order chi connectivity index (χ0) is 8.81. The van der Waals surface area contributed by atoms with Crippen LogP contribution in [0.15, 0.2) is 18.3 Å². The number of thiol groups is 1. The lowest BCUT2D eigenvalue weighted by Gasteiger charge is -2.01. The molecule has 0 aliphatic heterocycles. The maximum absolute atomic E-state index is 4.21. The predicted octanol–water partition coefficient (Wildman–Crippen LogP) is 1.99. The second-order valence-electron chi connectivity index (χ2n) is 2.63. The molecule has 1 aromatic rings. The number of nitrogens with zero attached hydrogens (tertiary/aromatic N) is 1. The van der Waals surface area contributed by atoms with Crippen LogP contribution in [-0.4, -0.2) is 17.8 Å². The molecule has 0 spiro atoms. The summed E-state index contributed by atoms with van der Waals surface area (Å²) in [5.41, 5.74) is 1.28. The van der Waals surface area contributed by atoms with Crippen LogP contribution in [0.25, 0.3) is 0 Å². The molecule has 0 unspecified atom stereocenters. The summed E-state index contributed by atoms with van der Waals surface area (Å²) in [5.74, 6) is 1.86. The number of anilines is 1. The van der Waals surface area contributed by atoms with Gasteiger partial charge in [0.2, 0.25) is 0 Å². The molecule has 1 rings (SSSR count). The normalized spacial score (nSPS) is 9.83. The number of rotatable bonds is 4. The molecule has 1 N–H and O–H groups in total. The van der Waals surface area contributed by atoms with E-state index < -0.39 is 0 Å². The predicted molar refractivity (Wildman–Crippen MR) is 56.0 cm³/mol. The van der Waals surface area contributed by atoms with E-state index in [9.17, 15) is 0 Å². The van der Waals surface area contributed by atoms with Crippen LogP contribution in [0.3, 0.4) is 0 Å². The van der Waals surface area contributed by atoms with Crippen LogP contribution >= 0.6 is 12.6 Å². The first-order valence-corrected chi connectivity index (χ1v) is 4.73. The molecule has 0 aliphatic rings. The van der Waals surface area contributed by atoms with Crippen LogP contribution in [0.2, 0.25) is 0 Å². The summed E-state index contributed by atoms with van der Waals surface area (Å²) < 4.78 is 0. The van der Waals surface area contributed by atoms with Crippen molar-refractivity contribution in [2.45, 2.75) is 12.8 Å². The molecule has 0 bridgehead atoms. The Labute approximate surface area is 78.8 Å². The van der Waals surface area contributed by atoms with Gasteiger partial charge in [-0.1, -0.05) is 6.07 Å². The number of aromatic nitrogens is 1. The van der Waals surface area contributed by atoms with Gasteiger partial charge in [-0.3, -0.25) is 0 Å². The molecule has 0 aliphatic carbocycles. The van der Waals surface area contributed by atoms with Crippen molar-refractivity contribution in [3.8, 4) is 0 Å². The molecule has 1 heterocycles. The van der Waals surface area contributed by atoms with E-state index in [1.165, 1.54) is 5.56 Å². The Morgan fingerprint density at radius 2 is 2.33 bits per heavy atom. The monoisotopic (exact) mass is 182 g/mol. The minimum Gasteiger partial charge on any atom is -0.373 e. The Morgan fingerprint density at radius 3 is 2.83 bits per heavy atom. The fraction of sp³-hybridized carbons (Fsp3) is 0.444. The Hall–Kier alpha value is -0.700. The van der Waals surface area contributed by atoms with Crippen LogP contribution in [0.4, 0.5) is 5.82 Å². The minimum absolute atomic E-state index is 0.921. The first-order chi connectivity index (χ1) is 5.86. The third-order valence-corrected chi connectivity index (χ3v) is 2.02. The van der Waals surface area contributed by atoms with Crippen LogP contribution < -0.4 is 5.32 Å². The van der Waals surface area contributed by atoms with E-state index in [0.29, 0.717) is 0 Å². The number of nitrogens with one attached hydrogen (secondary N) is 1. The van der Waals surface area contributed by atoms with Crippen LogP contribution in [0, 0.1) is 0 Å². The lowest BCUT2D eigenvalue weighted by atomic mass is 10.2. The zero-order valence-electron chi connectivity index (χ0n) is 7.25. The van der Waals surface area contributed by atoms with Gasteiger partial charge in [-0.15, -0.1) is 0 Å². The van der Waals surface area contributed by atoms with Crippen molar-refractivity contribution in [1.29, 1.82) is 0 Å². The first-order valence-electron chi connectivity index (χ1n) is 4.10. The molecular formula is C9H14N2S. The molecule has 0 saturated heterocycles. The van der Waals surface area contributed by atoms with Gasteiger partial charge in [0.25, 0.3) is 0 Å². The lowest BCUT2D eigenvalue weighted by Crippen LogP contribution is -1.93. The van der Waals surface area contributed by atoms with Crippen molar-refractivity contribution in [3.63, 3.8) is 0 Å². The van der Waals surface area contributed by atoms with E-state index in [0.717, 1.165) is 24.4 Å². The summed E-state index contributed by atoms with van der Waals surface area (Å²) in [6, 6.07) is 4.09. The molecule has 0 saturated carbocycles. The van der Waals surface area contributed by atoms with E-state index in [-0.39, 0.29) is 0 Å². The Balaban J connectivity index is 2.53. The zero-order valence-corrected chi connectivity index (χ0v) is 8.14. The Bertz CT molecular complexity index is 220. The highest BCUT2D eigenvalue weighted by molar-refractivity contribution is 7.80. The van der Waals surface area contributed by atoms with Crippen molar-refractivity contribution in [1.82, 2.24) is 4.98 Å². The molecule has 0 atom stereocenters. The van der Waals surface area contributed by atoms with Crippen molar-refractivity contribution in [2.24, 2.45) is 0 Å². The average molecular weight is 182 g/mol. The summed E-state index contributed by atoms with van der Waals surface area (Å²) in [6.07, 6.45) is 4.10. The summed E-state index contributed by atoms with van der Waals surface area (Å²) >= 11 is 4.16. The standard InChI is InChI=1S/C9H14N2S/c1-10-9-5-4-8(7-11-9)3-2-6-12/h4-5,7,12H,2-3,6H2,1H3,(H,10,11). The van der Waals surface area contributed by atoms with Crippen molar-refractivity contribution >= 4 is 18.4 Å². The van der Waals surface area contributed by atoms with Crippen molar-refractivity contribution in [2.75, 3.05) is 18.1 Å². The maximum atomic E-state index is 4.21. The van der Waals surface area contributed by atoms with E-state index in [1.54, 1.807) is 0 Å². The van der Waals surface area contributed by atoms with Gasteiger partial charge in [-0.25, -0.2) is 4.98 Å². The van der Waals surface area contributed by atoms with Crippen molar-refractivity contribution in [3.05, 3.63) is 23.9 Å². The summed E-state index contributed by atoms with van der Waals surface area (Å²) in [5, 5.41) is 2.98. The Morgan fingerprint density at radius 1 is 1.50 bits per heavy atom. The molecule has 66 valence electrons. The van der Waals surface area contributed by atoms with E-state index >= 15 is 0 Å². The van der Waals surface area contributed by atoms with Crippen LogP contribution in [0.5, 0.6) is 0 Å². The molecule has 3 heteroatoms. The lowest BCUT2D eigenvalue weighted by molar-refractivity contribution is 0.927. The number of hydrogen-bond acceptors (Lipinski definition) is 3. The van der Waals surface area contributed by atoms with Gasteiger partial charge in [-0.05, 0) is 30.2 Å². The quantitative estimate of drug-likeness (QED) is 0.696. The van der Waals surface area contributed by atoms with Gasteiger partial charge in [-0.2, -0.15) is 12.6 Å². The summed E-state index contributed by atoms with van der Waals surface area (Å²) in [6.45, 7) is 0. The minimum atomic E-state index is 0.921. The van der Waals surface area contributed by atoms with Gasteiger partial charge in [0, 0.05) is 13.2 Å². The fourth-order valence-electron chi connectivity index (χ4n) is 1.00. The second-order valence-corrected chi connectivity index (χ2v) is 3.08. The highest BCUT2D eigenvalue weighted by Crippen LogP contribution is 2.06. The SMILES string of the molecule is CNc1ccc(CCCS)cn1. The van der Waals surface area contributed by atoms with Crippen LogP contribution in [-0.2, 0) is 6.42 Å². The van der Waals surface area contributed by atoms with E-state index in [2.05, 4.69) is 29.0 Å². The number of pyridine rings is 1. The van der Waals surface area contributed by atoms with Gasteiger partial charge >= 0.3 is 0 Å². The van der Waals surface area contributed by atoms with E-state index in [1.807, 2.05) is 19.3 Å². The topological polar surface area (TPSA) is 24.9 Å². The highest BCUT2D eigenvalue weighted by atomic mass is 32.1. The first kappa shape index (κ1) is 9.39. The molecule has 1 aromatic heterocycles. The smallest absolute Gasteiger partial charge is 0.125 e. The fourth-order valence-corrected chi connectivity index (χ4v) is 1.16. The average Bonchev–Trinajstić information content (AvgIpc) is 2.15. The van der Waals surface area contributed by atoms with Gasteiger partial charge in [0.15, 0.2) is 0 Å². The van der Waals surface area contributed by atoms with Gasteiger partial charge in [0.1, 0.15) is 5.82 Å². The largest absolute Gasteiger partial charge is 0.373 e. The molecule has 0 aromatic carbocycles. The molecule has 0 radical (unpaired) electrons.